The molecule has 0 aliphatic heterocycles. The van der Waals surface area contributed by atoms with Gasteiger partial charge in [0.15, 0.2) is 0 Å². The predicted molar refractivity (Wildman–Crippen MR) is 76.8 cm³/mol. The molecule has 0 aromatic carbocycles. The van der Waals surface area contributed by atoms with Crippen LogP contribution in [0.5, 0.6) is 0 Å². The molecule has 2 heteroatoms. The molecule has 0 heterocycles. The Labute approximate surface area is 118 Å². The standard InChI is InChI=1S/C17H30O2/c1-12-6-9-17-13(2)16(4,19-11-18-5)10-15(17,3)8-7-14(12)17/h12-14H,6-11H2,1-5H3/t12?,13-,14-,15-,16-,17-/m0/s1. The lowest BCUT2D eigenvalue weighted by Gasteiger charge is -2.43. The van der Waals surface area contributed by atoms with Crippen LogP contribution in [-0.4, -0.2) is 19.5 Å². The molecular formula is C17H30O2. The van der Waals surface area contributed by atoms with Crippen molar-refractivity contribution in [2.45, 2.75) is 65.4 Å². The van der Waals surface area contributed by atoms with E-state index in [2.05, 4.69) is 27.7 Å². The Kier molecular flexibility index (Phi) is 3.07. The predicted octanol–water partition coefficient (Wildman–Crippen LogP) is 4.24. The van der Waals surface area contributed by atoms with E-state index < -0.39 is 0 Å². The summed E-state index contributed by atoms with van der Waals surface area (Å²) < 4.78 is 11.3. The van der Waals surface area contributed by atoms with Crippen LogP contribution in [0.4, 0.5) is 0 Å². The van der Waals surface area contributed by atoms with Gasteiger partial charge in [-0.15, -0.1) is 0 Å². The van der Waals surface area contributed by atoms with E-state index in [1.165, 1.54) is 32.1 Å². The molecule has 3 saturated carbocycles. The molecule has 3 fully saturated rings. The van der Waals surface area contributed by atoms with Gasteiger partial charge in [0, 0.05) is 7.11 Å². The summed E-state index contributed by atoms with van der Waals surface area (Å²) >= 11 is 0. The first-order chi connectivity index (χ1) is 8.90. The minimum Gasteiger partial charge on any atom is -0.359 e. The van der Waals surface area contributed by atoms with Gasteiger partial charge in [0.25, 0.3) is 0 Å². The summed E-state index contributed by atoms with van der Waals surface area (Å²) in [5.41, 5.74) is 1.03. The minimum atomic E-state index is 0.00743. The van der Waals surface area contributed by atoms with Crippen molar-refractivity contribution in [3.05, 3.63) is 0 Å². The van der Waals surface area contributed by atoms with Gasteiger partial charge in [-0.2, -0.15) is 0 Å². The van der Waals surface area contributed by atoms with Crippen LogP contribution < -0.4 is 0 Å². The highest BCUT2D eigenvalue weighted by Crippen LogP contribution is 2.76. The molecular weight excluding hydrogens is 236 g/mol. The minimum absolute atomic E-state index is 0.00743. The first-order valence-electron chi connectivity index (χ1n) is 8.02. The van der Waals surface area contributed by atoms with Crippen molar-refractivity contribution >= 4 is 0 Å². The quantitative estimate of drug-likeness (QED) is 0.711. The Balaban J connectivity index is 1.95. The molecule has 3 rings (SSSR count). The summed E-state index contributed by atoms with van der Waals surface area (Å²) in [6.07, 6.45) is 6.90. The zero-order valence-corrected chi connectivity index (χ0v) is 13.3. The van der Waals surface area contributed by atoms with E-state index in [0.29, 0.717) is 23.5 Å². The van der Waals surface area contributed by atoms with Crippen molar-refractivity contribution in [3.63, 3.8) is 0 Å². The second kappa shape index (κ2) is 4.21. The van der Waals surface area contributed by atoms with Crippen molar-refractivity contribution in [2.75, 3.05) is 13.9 Å². The summed E-state index contributed by atoms with van der Waals surface area (Å²) in [6, 6.07) is 0. The van der Waals surface area contributed by atoms with Crippen LogP contribution in [0.1, 0.15) is 59.8 Å². The fourth-order valence-corrected chi connectivity index (χ4v) is 6.51. The molecule has 1 spiro atoms. The van der Waals surface area contributed by atoms with Gasteiger partial charge in [-0.05, 0) is 67.6 Å². The summed E-state index contributed by atoms with van der Waals surface area (Å²) in [6.45, 7) is 10.2. The Morgan fingerprint density at radius 1 is 1.11 bits per heavy atom. The van der Waals surface area contributed by atoms with Crippen LogP contribution >= 0.6 is 0 Å². The van der Waals surface area contributed by atoms with E-state index >= 15 is 0 Å². The average molecular weight is 266 g/mol. The van der Waals surface area contributed by atoms with Crippen molar-refractivity contribution in [2.24, 2.45) is 28.6 Å². The lowest BCUT2D eigenvalue weighted by Crippen LogP contribution is -2.41. The molecule has 0 N–H and O–H groups in total. The lowest BCUT2D eigenvalue weighted by atomic mass is 9.62. The molecule has 1 unspecified atom stereocenters. The fourth-order valence-electron chi connectivity index (χ4n) is 6.51. The number of methoxy groups -OCH3 is 1. The zero-order valence-electron chi connectivity index (χ0n) is 13.3. The summed E-state index contributed by atoms with van der Waals surface area (Å²) in [5, 5.41) is 0. The molecule has 0 aromatic rings. The molecule has 3 aliphatic rings. The third-order valence-electron chi connectivity index (χ3n) is 7.43. The zero-order chi connectivity index (χ0) is 13.9. The van der Waals surface area contributed by atoms with Crippen LogP contribution in [0.3, 0.4) is 0 Å². The summed E-state index contributed by atoms with van der Waals surface area (Å²) in [5.74, 6) is 2.49. The monoisotopic (exact) mass is 266 g/mol. The summed E-state index contributed by atoms with van der Waals surface area (Å²) in [4.78, 5) is 0. The molecule has 0 aromatic heterocycles. The van der Waals surface area contributed by atoms with Gasteiger partial charge in [0.05, 0.1) is 5.60 Å². The number of hydrogen-bond donors (Lipinski definition) is 0. The van der Waals surface area contributed by atoms with E-state index in [4.69, 9.17) is 9.47 Å². The SMILES string of the molecule is COCO[C@@]1(C)C[C@]2(C)CC[C@H]3C(C)CC[C@]32[C@H]1C. The van der Waals surface area contributed by atoms with Crippen LogP contribution in [0, 0.1) is 28.6 Å². The maximum Gasteiger partial charge on any atom is 0.147 e. The number of rotatable bonds is 3. The van der Waals surface area contributed by atoms with Gasteiger partial charge in [0.2, 0.25) is 0 Å². The van der Waals surface area contributed by atoms with Gasteiger partial charge < -0.3 is 9.47 Å². The fraction of sp³-hybridized carbons (Fsp3) is 1.00. The third kappa shape index (κ3) is 1.56. The molecule has 0 radical (unpaired) electrons. The first-order valence-corrected chi connectivity index (χ1v) is 8.02. The second-order valence-electron chi connectivity index (χ2n) is 8.02. The summed E-state index contributed by atoms with van der Waals surface area (Å²) in [7, 11) is 1.73. The van der Waals surface area contributed by atoms with Crippen LogP contribution in [0.25, 0.3) is 0 Å². The molecule has 3 aliphatic carbocycles. The van der Waals surface area contributed by atoms with Crippen molar-refractivity contribution in [1.29, 1.82) is 0 Å². The van der Waals surface area contributed by atoms with E-state index in [1.54, 1.807) is 7.11 Å². The van der Waals surface area contributed by atoms with Crippen LogP contribution in [0.15, 0.2) is 0 Å². The Morgan fingerprint density at radius 3 is 2.53 bits per heavy atom. The first kappa shape index (κ1) is 13.9. The topological polar surface area (TPSA) is 18.5 Å². The second-order valence-corrected chi connectivity index (χ2v) is 8.02. The van der Waals surface area contributed by atoms with Crippen LogP contribution in [0.2, 0.25) is 0 Å². The Hall–Kier alpha value is -0.0800. The maximum atomic E-state index is 6.17. The molecule has 19 heavy (non-hydrogen) atoms. The molecule has 2 nitrogen and oxygen atoms in total. The van der Waals surface area contributed by atoms with Gasteiger partial charge in [-0.3, -0.25) is 0 Å². The number of hydrogen-bond acceptors (Lipinski definition) is 2. The molecule has 6 atom stereocenters. The van der Waals surface area contributed by atoms with Gasteiger partial charge in [0.1, 0.15) is 6.79 Å². The van der Waals surface area contributed by atoms with Crippen molar-refractivity contribution < 1.29 is 9.47 Å². The van der Waals surface area contributed by atoms with Crippen LogP contribution in [-0.2, 0) is 9.47 Å². The number of ether oxygens (including phenoxy) is 2. The van der Waals surface area contributed by atoms with E-state index in [-0.39, 0.29) is 5.60 Å². The smallest absolute Gasteiger partial charge is 0.147 e. The third-order valence-corrected chi connectivity index (χ3v) is 7.43. The molecule has 0 bridgehead atoms. The van der Waals surface area contributed by atoms with Crippen molar-refractivity contribution in [1.82, 2.24) is 0 Å². The Morgan fingerprint density at radius 2 is 1.84 bits per heavy atom. The van der Waals surface area contributed by atoms with Gasteiger partial charge >= 0.3 is 0 Å². The molecule has 0 saturated heterocycles. The maximum absolute atomic E-state index is 6.17. The highest BCUT2D eigenvalue weighted by Gasteiger charge is 2.71. The van der Waals surface area contributed by atoms with Gasteiger partial charge in [-0.25, -0.2) is 0 Å². The van der Waals surface area contributed by atoms with E-state index in [0.717, 1.165) is 11.8 Å². The largest absolute Gasteiger partial charge is 0.359 e. The lowest BCUT2D eigenvalue weighted by molar-refractivity contribution is -0.147. The normalized spacial score (nSPS) is 56.4. The molecule has 110 valence electrons. The van der Waals surface area contributed by atoms with E-state index in [1.807, 2.05) is 0 Å². The van der Waals surface area contributed by atoms with Gasteiger partial charge in [-0.1, -0.05) is 20.8 Å². The Bertz CT molecular complexity index is 368. The van der Waals surface area contributed by atoms with E-state index in [9.17, 15) is 0 Å². The highest BCUT2D eigenvalue weighted by atomic mass is 16.7. The molecule has 0 amide bonds. The van der Waals surface area contributed by atoms with Crippen molar-refractivity contribution in [3.8, 4) is 0 Å². The average Bonchev–Trinajstić information content (AvgIpc) is 2.89. The highest BCUT2D eigenvalue weighted by molar-refractivity contribution is 5.20.